The maximum atomic E-state index is 6.11. The van der Waals surface area contributed by atoms with Crippen LogP contribution in [-0.4, -0.2) is 14.6 Å². The van der Waals surface area contributed by atoms with E-state index < -0.39 is 0 Å². The predicted octanol–water partition coefficient (Wildman–Crippen LogP) is 2.32. The molecule has 0 bridgehead atoms. The maximum absolute atomic E-state index is 6.11. The van der Waals surface area contributed by atoms with E-state index in [1.165, 1.54) is 0 Å². The summed E-state index contributed by atoms with van der Waals surface area (Å²) in [5.74, 6) is 0.551. The molecule has 3 aromatic rings. The largest absolute Gasteiger partial charge is 0.399 e. The number of nitrogens with two attached hydrogens (primary N) is 2. The molecular weight excluding hydrogens is 294 g/mol. The Kier molecular flexibility index (Phi) is 2.45. The van der Waals surface area contributed by atoms with Gasteiger partial charge in [-0.25, -0.2) is 4.98 Å². The average Bonchev–Trinajstić information content (AvgIpc) is 2.74. The molecule has 0 saturated heterocycles. The second-order valence-corrected chi connectivity index (χ2v) is 4.76. The van der Waals surface area contributed by atoms with Crippen LogP contribution in [0.3, 0.4) is 0 Å². The number of hydrogen-bond acceptors (Lipinski definition) is 4. The highest BCUT2D eigenvalue weighted by Gasteiger charge is 2.10. The fourth-order valence-electron chi connectivity index (χ4n) is 1.81. The van der Waals surface area contributed by atoms with E-state index in [0.29, 0.717) is 17.2 Å². The number of fused-ring (bicyclic) bond motifs is 1. The smallest absolute Gasteiger partial charge is 0.171 e. The van der Waals surface area contributed by atoms with E-state index in [9.17, 15) is 0 Å². The van der Waals surface area contributed by atoms with E-state index in [2.05, 4.69) is 26.0 Å². The molecule has 18 heavy (non-hydrogen) atoms. The minimum atomic E-state index is 0.551. The van der Waals surface area contributed by atoms with E-state index in [4.69, 9.17) is 11.5 Å². The molecule has 2 aromatic heterocycles. The van der Waals surface area contributed by atoms with Crippen molar-refractivity contribution in [2.24, 2.45) is 0 Å². The predicted molar refractivity (Wildman–Crippen MR) is 74.9 cm³/mol. The SMILES string of the molecule is Nc1ccc(-c2cnc3c(Br)cnn3c2N)cc1. The van der Waals surface area contributed by atoms with Crippen LogP contribution >= 0.6 is 15.9 Å². The van der Waals surface area contributed by atoms with Crippen LogP contribution in [-0.2, 0) is 0 Å². The van der Waals surface area contributed by atoms with Gasteiger partial charge in [-0.1, -0.05) is 12.1 Å². The first-order valence-corrected chi connectivity index (χ1v) is 6.10. The lowest BCUT2D eigenvalue weighted by atomic mass is 10.1. The van der Waals surface area contributed by atoms with Crippen LogP contribution in [0.1, 0.15) is 0 Å². The first-order valence-electron chi connectivity index (χ1n) is 5.30. The van der Waals surface area contributed by atoms with E-state index in [1.807, 2.05) is 24.3 Å². The molecule has 0 saturated carbocycles. The third-order valence-electron chi connectivity index (χ3n) is 2.74. The van der Waals surface area contributed by atoms with Gasteiger partial charge in [-0.2, -0.15) is 9.61 Å². The van der Waals surface area contributed by atoms with Gasteiger partial charge in [0.05, 0.1) is 10.7 Å². The molecule has 0 atom stereocenters. The van der Waals surface area contributed by atoms with Crippen LogP contribution in [0.15, 0.2) is 41.1 Å². The molecule has 6 heteroatoms. The minimum Gasteiger partial charge on any atom is -0.399 e. The van der Waals surface area contributed by atoms with E-state index in [-0.39, 0.29) is 0 Å². The number of aromatic nitrogens is 3. The second-order valence-electron chi connectivity index (χ2n) is 3.91. The molecule has 3 rings (SSSR count). The third-order valence-corrected chi connectivity index (χ3v) is 3.30. The first kappa shape index (κ1) is 11.0. The molecule has 0 fully saturated rings. The van der Waals surface area contributed by atoms with Gasteiger partial charge in [0.25, 0.3) is 0 Å². The fourth-order valence-corrected chi connectivity index (χ4v) is 2.17. The van der Waals surface area contributed by atoms with Gasteiger partial charge >= 0.3 is 0 Å². The van der Waals surface area contributed by atoms with Crippen LogP contribution < -0.4 is 11.5 Å². The van der Waals surface area contributed by atoms with Crippen molar-refractivity contribution < 1.29 is 0 Å². The molecule has 0 unspecified atom stereocenters. The zero-order valence-electron chi connectivity index (χ0n) is 9.34. The number of anilines is 2. The molecule has 0 spiro atoms. The Bertz CT molecular complexity index is 717. The quantitative estimate of drug-likeness (QED) is 0.676. The number of benzene rings is 1. The van der Waals surface area contributed by atoms with Crippen LogP contribution in [0.25, 0.3) is 16.8 Å². The number of nitrogens with zero attached hydrogens (tertiary/aromatic N) is 3. The molecule has 5 nitrogen and oxygen atoms in total. The van der Waals surface area contributed by atoms with Crippen LogP contribution in [0.2, 0.25) is 0 Å². The molecule has 0 aliphatic rings. The highest BCUT2D eigenvalue weighted by molar-refractivity contribution is 9.10. The van der Waals surface area contributed by atoms with Gasteiger partial charge in [0, 0.05) is 17.4 Å². The fraction of sp³-hybridized carbons (Fsp3) is 0. The minimum absolute atomic E-state index is 0.551. The Morgan fingerprint density at radius 3 is 2.50 bits per heavy atom. The van der Waals surface area contributed by atoms with Gasteiger partial charge in [0.2, 0.25) is 0 Å². The molecule has 4 N–H and O–H groups in total. The number of hydrogen-bond donors (Lipinski definition) is 2. The normalized spacial score (nSPS) is 10.9. The van der Waals surface area contributed by atoms with Crippen molar-refractivity contribution in [1.29, 1.82) is 0 Å². The summed E-state index contributed by atoms with van der Waals surface area (Å²) in [4.78, 5) is 4.34. The summed E-state index contributed by atoms with van der Waals surface area (Å²) in [7, 11) is 0. The van der Waals surface area contributed by atoms with E-state index in [0.717, 1.165) is 15.6 Å². The molecule has 1 aromatic carbocycles. The lowest BCUT2D eigenvalue weighted by molar-refractivity contribution is 0.954. The van der Waals surface area contributed by atoms with Gasteiger partial charge in [-0.3, -0.25) is 0 Å². The molecule has 0 amide bonds. The van der Waals surface area contributed by atoms with Crippen LogP contribution in [0.4, 0.5) is 11.5 Å². The van der Waals surface area contributed by atoms with Crippen molar-refractivity contribution in [1.82, 2.24) is 14.6 Å². The Morgan fingerprint density at radius 2 is 1.78 bits per heavy atom. The van der Waals surface area contributed by atoms with Gasteiger partial charge in [-0.15, -0.1) is 0 Å². The number of nitrogen functional groups attached to an aromatic ring is 2. The van der Waals surface area contributed by atoms with Gasteiger partial charge in [0.1, 0.15) is 5.82 Å². The molecular formula is C12H10BrN5. The van der Waals surface area contributed by atoms with Crippen molar-refractivity contribution >= 4 is 33.1 Å². The van der Waals surface area contributed by atoms with E-state index in [1.54, 1.807) is 16.9 Å². The van der Waals surface area contributed by atoms with Crippen molar-refractivity contribution in [2.75, 3.05) is 11.5 Å². The highest BCUT2D eigenvalue weighted by atomic mass is 79.9. The van der Waals surface area contributed by atoms with Crippen molar-refractivity contribution in [3.63, 3.8) is 0 Å². The monoisotopic (exact) mass is 303 g/mol. The topological polar surface area (TPSA) is 82.2 Å². The van der Waals surface area contributed by atoms with Crippen LogP contribution in [0, 0.1) is 0 Å². The zero-order valence-corrected chi connectivity index (χ0v) is 10.9. The summed E-state index contributed by atoms with van der Waals surface area (Å²) in [6.07, 6.45) is 3.41. The first-order chi connectivity index (χ1) is 8.66. The third kappa shape index (κ3) is 1.62. The summed E-state index contributed by atoms with van der Waals surface area (Å²) < 4.78 is 2.42. The average molecular weight is 304 g/mol. The summed E-state index contributed by atoms with van der Waals surface area (Å²) in [6.45, 7) is 0. The maximum Gasteiger partial charge on any atom is 0.171 e. The molecule has 0 aliphatic carbocycles. The number of halogens is 1. The van der Waals surface area contributed by atoms with Gasteiger partial charge in [-0.05, 0) is 33.6 Å². The summed E-state index contributed by atoms with van der Waals surface area (Å²) in [5, 5.41) is 4.18. The van der Waals surface area contributed by atoms with E-state index >= 15 is 0 Å². The number of rotatable bonds is 1. The lowest BCUT2D eigenvalue weighted by Gasteiger charge is -2.07. The summed E-state index contributed by atoms with van der Waals surface area (Å²) >= 11 is 3.37. The standard InChI is InChI=1S/C12H10BrN5/c13-10-6-17-18-11(15)9(5-16-12(10)18)7-1-3-8(14)4-2-7/h1-6H,14-15H2. The summed E-state index contributed by atoms with van der Waals surface area (Å²) in [5.41, 5.74) is 15.0. The van der Waals surface area contributed by atoms with Gasteiger partial charge in [0.15, 0.2) is 5.65 Å². The van der Waals surface area contributed by atoms with Crippen LogP contribution in [0.5, 0.6) is 0 Å². The summed E-state index contributed by atoms with van der Waals surface area (Å²) in [6, 6.07) is 7.48. The van der Waals surface area contributed by atoms with Crippen molar-refractivity contribution in [3.8, 4) is 11.1 Å². The molecule has 90 valence electrons. The molecule has 0 radical (unpaired) electrons. The lowest BCUT2D eigenvalue weighted by Crippen LogP contribution is -2.02. The van der Waals surface area contributed by atoms with Crippen molar-refractivity contribution in [2.45, 2.75) is 0 Å². The molecule has 0 aliphatic heterocycles. The van der Waals surface area contributed by atoms with Crippen molar-refractivity contribution in [3.05, 3.63) is 41.1 Å². The molecule has 2 heterocycles. The zero-order chi connectivity index (χ0) is 12.7. The Morgan fingerprint density at radius 1 is 1.06 bits per heavy atom. The Labute approximate surface area is 112 Å². The van der Waals surface area contributed by atoms with Gasteiger partial charge < -0.3 is 11.5 Å². The Balaban J connectivity index is 2.23. The highest BCUT2D eigenvalue weighted by Crippen LogP contribution is 2.28. The Hall–Kier alpha value is -2.08. The second kappa shape index (κ2) is 3.99.